The number of allylic oxidation sites excluding steroid dienone is 3. The molecule has 0 bridgehead atoms. The van der Waals surface area contributed by atoms with Crippen molar-refractivity contribution in [3.05, 3.63) is 81.6 Å². The van der Waals surface area contributed by atoms with Crippen LogP contribution in [-0.4, -0.2) is 89.0 Å². The molecule has 0 radical (unpaired) electrons. The van der Waals surface area contributed by atoms with Gasteiger partial charge in [0.2, 0.25) is 5.91 Å². The van der Waals surface area contributed by atoms with Gasteiger partial charge in [0.05, 0.1) is 30.9 Å². The molecule has 0 spiro atoms. The lowest BCUT2D eigenvalue weighted by molar-refractivity contribution is -0.134. The number of amidine groups is 1. The topological polar surface area (TPSA) is 87.6 Å². The summed E-state index contributed by atoms with van der Waals surface area (Å²) in [5.41, 5.74) is 1.57. The second-order valence-corrected chi connectivity index (χ2v) is 16.8. The second kappa shape index (κ2) is 18.8. The number of aromatic nitrogens is 1. The fourth-order valence-corrected chi connectivity index (χ4v) is 7.05. The van der Waals surface area contributed by atoms with Crippen molar-refractivity contribution in [1.29, 1.82) is 0 Å². The van der Waals surface area contributed by atoms with Crippen molar-refractivity contribution in [3.8, 4) is 5.75 Å². The molecule has 1 saturated heterocycles. The molecule has 9 nitrogen and oxygen atoms in total. The Kier molecular flexibility index (Phi) is 15.0. The lowest BCUT2D eigenvalue weighted by Crippen LogP contribution is -2.50. The molecule has 1 unspecified atom stereocenters. The SMILES string of the molecule is CCOc1cc(C(C)(C)C)ncc1/C(=N/C(C)(C)C1C=CC(Cl)=CC1)N(Cc1ccc(Cl)cc1)C(=O)N1CCC(CC(=O)N(CCOC)C(C)C)CC1. The second-order valence-electron chi connectivity index (χ2n) is 15.9. The predicted octanol–water partition coefficient (Wildman–Crippen LogP) is 9.26. The Labute approximate surface area is 327 Å². The number of hydrogen-bond donors (Lipinski definition) is 0. The molecule has 53 heavy (non-hydrogen) atoms. The van der Waals surface area contributed by atoms with E-state index < -0.39 is 5.54 Å². The van der Waals surface area contributed by atoms with Gasteiger partial charge in [0, 0.05) is 78.6 Å². The summed E-state index contributed by atoms with van der Waals surface area (Å²) >= 11 is 12.6. The van der Waals surface area contributed by atoms with Gasteiger partial charge in [-0.3, -0.25) is 19.7 Å². The van der Waals surface area contributed by atoms with Crippen molar-refractivity contribution >= 4 is 41.0 Å². The summed E-state index contributed by atoms with van der Waals surface area (Å²) in [6.45, 7) is 19.4. The largest absolute Gasteiger partial charge is 0.493 e. The van der Waals surface area contributed by atoms with Gasteiger partial charge in [0.25, 0.3) is 0 Å². The monoisotopic (exact) mass is 767 g/mol. The average molecular weight is 769 g/mol. The van der Waals surface area contributed by atoms with Crippen LogP contribution in [-0.2, 0) is 21.5 Å². The third-order valence-electron chi connectivity index (χ3n) is 10.1. The molecule has 2 heterocycles. The maximum absolute atomic E-state index is 15.0. The zero-order chi connectivity index (χ0) is 38.9. The summed E-state index contributed by atoms with van der Waals surface area (Å²) in [5.74, 6) is 1.46. The Balaban J connectivity index is 1.75. The highest BCUT2D eigenvalue weighted by atomic mass is 35.5. The van der Waals surface area contributed by atoms with Gasteiger partial charge in [0.15, 0.2) is 0 Å². The number of likely N-dealkylation sites (tertiary alicyclic amines) is 1. The Morgan fingerprint density at radius 1 is 1.08 bits per heavy atom. The molecular weight excluding hydrogens is 709 g/mol. The number of urea groups is 1. The van der Waals surface area contributed by atoms with E-state index in [4.69, 9.17) is 42.7 Å². The number of benzene rings is 1. The van der Waals surface area contributed by atoms with E-state index in [0.717, 1.165) is 30.5 Å². The summed E-state index contributed by atoms with van der Waals surface area (Å²) in [7, 11) is 1.65. The molecule has 4 rings (SSSR count). The summed E-state index contributed by atoms with van der Waals surface area (Å²) < 4.78 is 11.6. The first kappa shape index (κ1) is 42.3. The van der Waals surface area contributed by atoms with E-state index in [1.54, 1.807) is 18.2 Å². The van der Waals surface area contributed by atoms with Crippen LogP contribution in [0.2, 0.25) is 5.02 Å². The number of methoxy groups -OCH3 is 1. The molecule has 0 saturated carbocycles. The normalized spacial score (nSPS) is 17.2. The van der Waals surface area contributed by atoms with E-state index in [0.29, 0.717) is 66.5 Å². The average Bonchev–Trinajstić information content (AvgIpc) is 3.10. The molecule has 1 atom stereocenters. The van der Waals surface area contributed by atoms with E-state index in [1.807, 2.05) is 73.1 Å². The molecule has 1 aliphatic heterocycles. The number of piperidine rings is 1. The highest BCUT2D eigenvalue weighted by molar-refractivity contribution is 6.31. The minimum Gasteiger partial charge on any atom is -0.493 e. The van der Waals surface area contributed by atoms with Gasteiger partial charge in [-0.2, -0.15) is 0 Å². The molecule has 3 amide bonds. The number of rotatable bonds is 13. The number of amides is 3. The van der Waals surface area contributed by atoms with Crippen molar-refractivity contribution in [2.24, 2.45) is 16.8 Å². The molecule has 0 N–H and O–H groups in total. The van der Waals surface area contributed by atoms with Crippen molar-refractivity contribution in [2.75, 3.05) is 40.0 Å². The number of aliphatic imine (C=N–C) groups is 1. The van der Waals surface area contributed by atoms with Gasteiger partial charge in [-0.1, -0.05) is 68.3 Å². The standard InChI is InChI=1S/C42H59Cl2N5O4/c1-10-53-36-26-37(41(4,5)6)45-27-35(36)39(46-42(7,8)32-13-17-34(44)18-14-32)49(28-31-11-15-33(43)16-12-31)40(51)47-21-19-30(20-22-47)25-38(50)48(29(2)3)23-24-52-9/h11-13,15-18,26-27,29-30,32H,10,14,19-25,28H2,1-9H3/b46-39-. The van der Waals surface area contributed by atoms with E-state index >= 15 is 0 Å². The lowest BCUT2D eigenvalue weighted by Gasteiger charge is -2.38. The number of nitrogens with zero attached hydrogens (tertiary/aromatic N) is 5. The van der Waals surface area contributed by atoms with Crippen LogP contribution in [0.15, 0.2) is 64.8 Å². The van der Waals surface area contributed by atoms with Crippen molar-refractivity contribution in [2.45, 2.75) is 105 Å². The molecule has 290 valence electrons. The zero-order valence-electron chi connectivity index (χ0n) is 33.1. The smallest absolute Gasteiger partial charge is 0.325 e. The van der Waals surface area contributed by atoms with E-state index in [9.17, 15) is 9.59 Å². The van der Waals surface area contributed by atoms with Crippen LogP contribution in [0.1, 0.15) is 97.9 Å². The molecule has 11 heteroatoms. The first-order valence-electron chi connectivity index (χ1n) is 18.9. The first-order valence-corrected chi connectivity index (χ1v) is 19.7. The van der Waals surface area contributed by atoms with E-state index in [-0.39, 0.29) is 41.8 Å². The Morgan fingerprint density at radius 3 is 2.32 bits per heavy atom. The number of carbonyl (C=O) groups excluding carboxylic acids is 2. The summed E-state index contributed by atoms with van der Waals surface area (Å²) in [5, 5.41) is 1.33. The summed E-state index contributed by atoms with van der Waals surface area (Å²) in [6.07, 6.45) is 10.5. The maximum atomic E-state index is 15.0. The van der Waals surface area contributed by atoms with Gasteiger partial charge < -0.3 is 19.3 Å². The number of halogens is 2. The molecule has 2 aliphatic rings. The first-order chi connectivity index (χ1) is 25.0. The fourth-order valence-electron chi connectivity index (χ4n) is 6.76. The predicted molar refractivity (Wildman–Crippen MR) is 216 cm³/mol. The molecular formula is C42H59Cl2N5O4. The van der Waals surface area contributed by atoms with Gasteiger partial charge in [0.1, 0.15) is 11.6 Å². The highest BCUT2D eigenvalue weighted by Gasteiger charge is 2.36. The number of pyridine rings is 1. The van der Waals surface area contributed by atoms with Gasteiger partial charge >= 0.3 is 6.03 Å². The number of carbonyl (C=O) groups is 2. The van der Waals surface area contributed by atoms with E-state index in [1.165, 1.54) is 0 Å². The van der Waals surface area contributed by atoms with Crippen molar-refractivity contribution < 1.29 is 19.1 Å². The third kappa shape index (κ3) is 11.5. The fraction of sp³-hybridized carbons (Fsp3) is 0.571. The van der Waals surface area contributed by atoms with Gasteiger partial charge in [-0.25, -0.2) is 4.79 Å². The number of ether oxygens (including phenoxy) is 2. The van der Waals surface area contributed by atoms with Crippen molar-refractivity contribution in [3.63, 3.8) is 0 Å². The van der Waals surface area contributed by atoms with Crippen LogP contribution in [0.3, 0.4) is 0 Å². The Morgan fingerprint density at radius 2 is 1.75 bits per heavy atom. The Hall–Kier alpha value is -3.40. The van der Waals surface area contributed by atoms with Crippen molar-refractivity contribution in [1.82, 2.24) is 19.7 Å². The van der Waals surface area contributed by atoms with Crippen LogP contribution in [0.4, 0.5) is 4.79 Å². The van der Waals surface area contributed by atoms with Crippen LogP contribution in [0.25, 0.3) is 0 Å². The molecule has 1 fully saturated rings. The molecule has 1 aliphatic carbocycles. The molecule has 1 aromatic carbocycles. The van der Waals surface area contributed by atoms with Gasteiger partial charge in [-0.05, 0) is 83.6 Å². The van der Waals surface area contributed by atoms with Crippen LogP contribution < -0.4 is 4.74 Å². The van der Waals surface area contributed by atoms with E-state index in [2.05, 4.69) is 40.7 Å². The van der Waals surface area contributed by atoms with Crippen LogP contribution in [0, 0.1) is 11.8 Å². The maximum Gasteiger partial charge on any atom is 0.325 e. The number of hydrogen-bond acceptors (Lipinski definition) is 6. The highest BCUT2D eigenvalue weighted by Crippen LogP contribution is 2.35. The molecule has 1 aromatic heterocycles. The van der Waals surface area contributed by atoms with Gasteiger partial charge in [-0.15, -0.1) is 0 Å². The third-order valence-corrected chi connectivity index (χ3v) is 10.6. The zero-order valence-corrected chi connectivity index (χ0v) is 34.6. The Bertz CT molecular complexity index is 1640. The minimum atomic E-state index is -0.636. The van der Waals surface area contributed by atoms with Crippen LogP contribution >= 0.6 is 23.2 Å². The lowest BCUT2D eigenvalue weighted by atomic mass is 9.83. The quantitative estimate of drug-likeness (QED) is 0.150. The van der Waals surface area contributed by atoms with Crippen LogP contribution in [0.5, 0.6) is 5.75 Å². The summed E-state index contributed by atoms with van der Waals surface area (Å²) in [4.78, 5) is 44.2. The minimum absolute atomic E-state index is 0.0346. The molecule has 2 aromatic rings. The summed E-state index contributed by atoms with van der Waals surface area (Å²) in [6, 6.07) is 9.46.